The summed E-state index contributed by atoms with van der Waals surface area (Å²) in [6.45, 7) is 4.37. The van der Waals surface area contributed by atoms with Crippen LogP contribution in [0, 0.1) is 0 Å². The van der Waals surface area contributed by atoms with Crippen molar-refractivity contribution in [1.29, 1.82) is 0 Å². The van der Waals surface area contributed by atoms with Crippen molar-refractivity contribution in [3.05, 3.63) is 48.6 Å². The number of carbonyl (C=O) groups is 3. The van der Waals surface area contributed by atoms with Gasteiger partial charge in [0.15, 0.2) is 12.1 Å². The number of likely N-dealkylation sites (N-methyl/N-ethyl adjacent to an activating group) is 1. The van der Waals surface area contributed by atoms with Crippen LogP contribution >= 0.6 is 0 Å². The molecular formula is C37H64NO7+. The first-order valence-electron chi connectivity index (χ1n) is 17.2. The molecule has 0 saturated heterocycles. The number of rotatable bonds is 29. The van der Waals surface area contributed by atoms with Crippen molar-refractivity contribution in [3.63, 3.8) is 0 Å². The maximum atomic E-state index is 12.5. The smallest absolute Gasteiger partial charge is 0.362 e. The van der Waals surface area contributed by atoms with Gasteiger partial charge in [0.25, 0.3) is 0 Å². The summed E-state index contributed by atoms with van der Waals surface area (Å²) in [4.78, 5) is 36.5. The Balaban J connectivity index is 4.45. The van der Waals surface area contributed by atoms with E-state index < -0.39 is 18.1 Å². The number of carboxylic acid groups (broad SMARTS) is 1. The lowest BCUT2D eigenvalue weighted by molar-refractivity contribution is -0.887. The molecule has 0 amide bonds. The molecule has 0 aromatic heterocycles. The molecule has 0 aromatic rings. The fraction of sp³-hybridized carbons (Fsp3) is 0.703. The summed E-state index contributed by atoms with van der Waals surface area (Å²) >= 11 is 0. The minimum atomic E-state index is -0.889. The predicted molar refractivity (Wildman–Crippen MR) is 183 cm³/mol. The van der Waals surface area contributed by atoms with Gasteiger partial charge in [-0.1, -0.05) is 94.6 Å². The Morgan fingerprint density at radius 1 is 0.667 bits per heavy atom. The Bertz CT molecular complexity index is 886. The maximum Gasteiger partial charge on any atom is 0.362 e. The number of nitrogens with zero attached hydrogens (tertiary/aromatic N) is 1. The molecule has 1 N–H and O–H groups in total. The molecule has 0 aliphatic carbocycles. The number of allylic oxidation sites excluding steroid dienone is 8. The van der Waals surface area contributed by atoms with Gasteiger partial charge < -0.3 is 23.8 Å². The Labute approximate surface area is 274 Å². The van der Waals surface area contributed by atoms with Crippen molar-refractivity contribution in [3.8, 4) is 0 Å². The molecule has 0 spiro atoms. The van der Waals surface area contributed by atoms with Crippen molar-refractivity contribution in [2.75, 3.05) is 41.0 Å². The standard InChI is InChI=1S/C37H63NO7/c1-6-8-10-12-14-15-16-17-18-19-20-22-23-25-27-35(39)44-32-33(31-43-30-29-34(37(41)42)38(3,4)5)45-36(40)28-26-24-21-13-11-9-7-2/h8-11,14-15,21,24,33-34H,6-7,12-13,16-20,22-23,25-32H2,1-5H3/p+1/b10-8+,11-9+,15-14+,24-21+. The Kier molecular flexibility index (Phi) is 27.0. The predicted octanol–water partition coefficient (Wildman–Crippen LogP) is 8.12. The third-order valence-corrected chi connectivity index (χ3v) is 7.24. The van der Waals surface area contributed by atoms with Crippen LogP contribution in [0.3, 0.4) is 0 Å². The maximum absolute atomic E-state index is 12.5. The van der Waals surface area contributed by atoms with Crippen molar-refractivity contribution < 1.29 is 38.2 Å². The van der Waals surface area contributed by atoms with E-state index in [0.717, 1.165) is 51.4 Å². The summed E-state index contributed by atoms with van der Waals surface area (Å²) in [5.41, 5.74) is 0. The molecular weight excluding hydrogens is 570 g/mol. The molecule has 0 aliphatic rings. The molecule has 2 atom stereocenters. The molecule has 0 heterocycles. The normalized spacial score (nSPS) is 13.7. The van der Waals surface area contributed by atoms with Crippen LogP contribution in [0.5, 0.6) is 0 Å². The molecule has 0 saturated carbocycles. The second kappa shape index (κ2) is 28.7. The third-order valence-electron chi connectivity index (χ3n) is 7.24. The fourth-order valence-corrected chi connectivity index (χ4v) is 4.60. The fourth-order valence-electron chi connectivity index (χ4n) is 4.60. The monoisotopic (exact) mass is 634 g/mol. The summed E-state index contributed by atoms with van der Waals surface area (Å²) in [6, 6.07) is -0.622. The van der Waals surface area contributed by atoms with Crippen LogP contribution in [0.25, 0.3) is 0 Å². The third kappa shape index (κ3) is 27.3. The molecule has 2 unspecified atom stereocenters. The summed E-state index contributed by atoms with van der Waals surface area (Å²) < 4.78 is 17.0. The van der Waals surface area contributed by atoms with Gasteiger partial charge in [-0.15, -0.1) is 0 Å². The number of carbonyl (C=O) groups excluding carboxylic acids is 2. The number of ether oxygens (including phenoxy) is 3. The van der Waals surface area contributed by atoms with E-state index >= 15 is 0 Å². The van der Waals surface area contributed by atoms with E-state index in [4.69, 9.17) is 14.2 Å². The molecule has 258 valence electrons. The van der Waals surface area contributed by atoms with Gasteiger partial charge in [0.2, 0.25) is 0 Å². The number of hydrogen-bond donors (Lipinski definition) is 1. The lowest BCUT2D eigenvalue weighted by Gasteiger charge is -2.31. The topological polar surface area (TPSA) is 99.1 Å². The van der Waals surface area contributed by atoms with Gasteiger partial charge >= 0.3 is 17.9 Å². The Morgan fingerprint density at radius 2 is 1.22 bits per heavy atom. The van der Waals surface area contributed by atoms with Crippen LogP contribution in [-0.4, -0.2) is 80.6 Å². The quantitative estimate of drug-likeness (QED) is 0.0384. The molecule has 45 heavy (non-hydrogen) atoms. The number of esters is 2. The van der Waals surface area contributed by atoms with Gasteiger partial charge in [0, 0.05) is 19.3 Å². The Hall–Kier alpha value is -2.71. The van der Waals surface area contributed by atoms with Crippen molar-refractivity contribution in [2.24, 2.45) is 0 Å². The first-order chi connectivity index (χ1) is 21.6. The highest BCUT2D eigenvalue weighted by atomic mass is 16.6. The second-order valence-corrected chi connectivity index (χ2v) is 12.4. The van der Waals surface area contributed by atoms with Crippen LogP contribution in [0.15, 0.2) is 48.6 Å². The molecule has 0 rings (SSSR count). The van der Waals surface area contributed by atoms with Gasteiger partial charge in [-0.25, -0.2) is 4.79 Å². The average molecular weight is 635 g/mol. The number of carboxylic acids is 1. The highest BCUT2D eigenvalue weighted by molar-refractivity contribution is 5.72. The second-order valence-electron chi connectivity index (χ2n) is 12.4. The van der Waals surface area contributed by atoms with Gasteiger partial charge in [-0.2, -0.15) is 0 Å². The highest BCUT2D eigenvalue weighted by Gasteiger charge is 2.31. The minimum absolute atomic E-state index is 0.0336. The number of quaternary nitrogens is 1. The van der Waals surface area contributed by atoms with Gasteiger partial charge in [-0.05, 0) is 51.4 Å². The van der Waals surface area contributed by atoms with Crippen molar-refractivity contribution in [2.45, 2.75) is 129 Å². The van der Waals surface area contributed by atoms with E-state index in [1.165, 1.54) is 25.7 Å². The minimum Gasteiger partial charge on any atom is -0.477 e. The SMILES string of the molecule is CC/C=C/C/C=C/CCCCCCCCCC(=O)OCC(COCCC(C(=O)O)[N+](C)(C)C)OC(=O)CC/C=C/C/C=C/CC. The van der Waals surface area contributed by atoms with Crippen molar-refractivity contribution >= 4 is 17.9 Å². The molecule has 0 fully saturated rings. The van der Waals surface area contributed by atoms with Crippen LogP contribution in [0.4, 0.5) is 0 Å². The van der Waals surface area contributed by atoms with Gasteiger partial charge in [0.05, 0.1) is 34.4 Å². The molecule has 0 radical (unpaired) electrons. The zero-order valence-corrected chi connectivity index (χ0v) is 29.1. The zero-order chi connectivity index (χ0) is 33.6. The number of aliphatic carboxylic acids is 1. The van der Waals surface area contributed by atoms with Crippen LogP contribution in [0.2, 0.25) is 0 Å². The lowest BCUT2D eigenvalue weighted by atomic mass is 10.1. The lowest BCUT2D eigenvalue weighted by Crippen LogP contribution is -2.50. The molecule has 8 nitrogen and oxygen atoms in total. The number of unbranched alkanes of at least 4 members (excludes halogenated alkanes) is 7. The van der Waals surface area contributed by atoms with E-state index in [1.807, 2.05) is 33.3 Å². The number of hydrogen-bond acceptors (Lipinski definition) is 6. The molecule has 0 aromatic carbocycles. The van der Waals surface area contributed by atoms with Crippen LogP contribution in [-0.2, 0) is 28.6 Å². The Morgan fingerprint density at radius 3 is 1.80 bits per heavy atom. The van der Waals surface area contributed by atoms with E-state index in [0.29, 0.717) is 19.3 Å². The highest BCUT2D eigenvalue weighted by Crippen LogP contribution is 2.12. The zero-order valence-electron chi connectivity index (χ0n) is 29.1. The molecule has 0 bridgehead atoms. The van der Waals surface area contributed by atoms with Gasteiger partial charge in [0.1, 0.15) is 6.61 Å². The van der Waals surface area contributed by atoms with E-state index in [2.05, 4.69) is 50.3 Å². The molecule has 8 heteroatoms. The van der Waals surface area contributed by atoms with Crippen LogP contribution in [0.1, 0.15) is 117 Å². The first-order valence-corrected chi connectivity index (χ1v) is 17.2. The summed E-state index contributed by atoms with van der Waals surface area (Å²) in [7, 11) is 5.47. The van der Waals surface area contributed by atoms with Gasteiger partial charge in [-0.3, -0.25) is 9.59 Å². The van der Waals surface area contributed by atoms with E-state index in [1.54, 1.807) is 0 Å². The average Bonchev–Trinajstić information content (AvgIpc) is 2.98. The summed E-state index contributed by atoms with van der Waals surface area (Å²) in [6.07, 6.45) is 30.5. The first kappa shape index (κ1) is 42.3. The summed E-state index contributed by atoms with van der Waals surface area (Å²) in [5, 5.41) is 9.53. The van der Waals surface area contributed by atoms with E-state index in [9.17, 15) is 19.5 Å². The summed E-state index contributed by atoms with van der Waals surface area (Å²) in [5.74, 6) is -1.58. The van der Waals surface area contributed by atoms with E-state index in [-0.39, 0.29) is 42.7 Å². The van der Waals surface area contributed by atoms with Crippen LogP contribution < -0.4 is 0 Å². The largest absolute Gasteiger partial charge is 0.477 e. The molecule has 0 aliphatic heterocycles. The van der Waals surface area contributed by atoms with Crippen molar-refractivity contribution in [1.82, 2.24) is 0 Å².